The zero-order valence-corrected chi connectivity index (χ0v) is 12.7. The lowest BCUT2D eigenvalue weighted by molar-refractivity contribution is -0.125. The van der Waals surface area contributed by atoms with E-state index in [1.807, 2.05) is 19.1 Å². The molecule has 0 saturated carbocycles. The molecule has 0 radical (unpaired) electrons. The minimum Gasteiger partial charge on any atom is -0.497 e. The van der Waals surface area contributed by atoms with E-state index in [0.29, 0.717) is 0 Å². The Kier molecular flexibility index (Phi) is 5.41. The van der Waals surface area contributed by atoms with E-state index in [2.05, 4.69) is 27.4 Å². The number of nitrogens with one attached hydrogen (secondary N) is 1. The van der Waals surface area contributed by atoms with Crippen molar-refractivity contribution in [1.82, 2.24) is 10.3 Å². The van der Waals surface area contributed by atoms with Gasteiger partial charge in [0.05, 0.1) is 7.11 Å². The van der Waals surface area contributed by atoms with Gasteiger partial charge in [0.25, 0.3) is 0 Å². The normalized spacial score (nSPS) is 17.4. The molecular formula is C15H24N4O2. The van der Waals surface area contributed by atoms with Crippen LogP contribution in [-0.4, -0.2) is 50.6 Å². The van der Waals surface area contributed by atoms with Gasteiger partial charge in [-0.15, -0.1) is 0 Å². The van der Waals surface area contributed by atoms with Gasteiger partial charge in [-0.2, -0.15) is 0 Å². The Labute approximate surface area is 125 Å². The summed E-state index contributed by atoms with van der Waals surface area (Å²) in [5, 5.41) is 0. The van der Waals surface area contributed by atoms with Crippen LogP contribution in [0.4, 0.5) is 5.69 Å². The van der Waals surface area contributed by atoms with Crippen LogP contribution in [0.5, 0.6) is 5.75 Å². The molecule has 0 aromatic heterocycles. The Morgan fingerprint density at radius 3 is 2.71 bits per heavy atom. The van der Waals surface area contributed by atoms with Crippen LogP contribution in [-0.2, 0) is 4.79 Å². The first kappa shape index (κ1) is 15.6. The average Bonchev–Trinajstić information content (AvgIpc) is 2.54. The number of methoxy groups -OCH3 is 1. The number of piperazine rings is 1. The zero-order chi connectivity index (χ0) is 15.2. The quantitative estimate of drug-likeness (QED) is 0.468. The van der Waals surface area contributed by atoms with Gasteiger partial charge in [-0.05, 0) is 12.1 Å². The maximum atomic E-state index is 11.5. The number of nitrogens with zero attached hydrogens (tertiary/aromatic N) is 2. The second kappa shape index (κ2) is 7.28. The summed E-state index contributed by atoms with van der Waals surface area (Å²) in [6.45, 7) is 6.43. The van der Waals surface area contributed by atoms with Crippen molar-refractivity contribution < 1.29 is 9.53 Å². The number of ether oxygens (including phenoxy) is 1. The number of amides is 1. The third-order valence-corrected chi connectivity index (χ3v) is 3.91. The molecule has 21 heavy (non-hydrogen) atoms. The van der Waals surface area contributed by atoms with Gasteiger partial charge in [0, 0.05) is 50.4 Å². The molecule has 1 heterocycles. The predicted octanol–water partition coefficient (Wildman–Crippen LogP) is 0.443. The van der Waals surface area contributed by atoms with Crippen LogP contribution < -0.4 is 20.9 Å². The summed E-state index contributed by atoms with van der Waals surface area (Å²) in [5.41, 5.74) is 3.39. The van der Waals surface area contributed by atoms with Crippen molar-refractivity contribution in [3.05, 3.63) is 24.3 Å². The molecule has 6 nitrogen and oxygen atoms in total. The maximum Gasteiger partial charge on any atom is 0.237 e. The van der Waals surface area contributed by atoms with E-state index >= 15 is 0 Å². The van der Waals surface area contributed by atoms with Crippen molar-refractivity contribution in [3.8, 4) is 5.75 Å². The van der Waals surface area contributed by atoms with E-state index < -0.39 is 0 Å². The molecule has 1 atom stereocenters. The van der Waals surface area contributed by atoms with Gasteiger partial charge in [0.2, 0.25) is 5.91 Å². The van der Waals surface area contributed by atoms with E-state index in [9.17, 15) is 4.79 Å². The Bertz CT molecular complexity index is 472. The van der Waals surface area contributed by atoms with Crippen LogP contribution in [0.3, 0.4) is 0 Å². The standard InChI is InChI=1S/C15H24N4O2/c1-12(15(20)17-16)11-18-6-8-19(9-7-18)13-4-3-5-14(10-13)21-2/h3-5,10,12H,6-9,11,16H2,1-2H3,(H,17,20). The summed E-state index contributed by atoms with van der Waals surface area (Å²) < 4.78 is 5.26. The molecule has 6 heteroatoms. The second-order valence-corrected chi connectivity index (χ2v) is 5.40. The second-order valence-electron chi connectivity index (χ2n) is 5.40. The number of benzene rings is 1. The number of hydrogen-bond donors (Lipinski definition) is 2. The van der Waals surface area contributed by atoms with Crippen molar-refractivity contribution >= 4 is 11.6 Å². The number of anilines is 1. The van der Waals surface area contributed by atoms with Crippen LogP contribution in [0.2, 0.25) is 0 Å². The Morgan fingerprint density at radius 1 is 1.38 bits per heavy atom. The molecule has 1 amide bonds. The lowest BCUT2D eigenvalue weighted by Gasteiger charge is -2.37. The Morgan fingerprint density at radius 2 is 2.10 bits per heavy atom. The molecule has 1 fully saturated rings. The van der Waals surface area contributed by atoms with Crippen molar-refractivity contribution in [2.24, 2.45) is 11.8 Å². The topological polar surface area (TPSA) is 70.8 Å². The Balaban J connectivity index is 1.86. The minimum absolute atomic E-state index is 0.0848. The van der Waals surface area contributed by atoms with Gasteiger partial charge in [-0.3, -0.25) is 15.1 Å². The molecule has 1 aliphatic heterocycles. The molecule has 1 aliphatic rings. The third-order valence-electron chi connectivity index (χ3n) is 3.91. The number of nitrogens with two attached hydrogens (primary N) is 1. The number of hydrazine groups is 1. The van der Waals surface area contributed by atoms with Crippen molar-refractivity contribution in [1.29, 1.82) is 0 Å². The number of hydrogen-bond acceptors (Lipinski definition) is 5. The van der Waals surface area contributed by atoms with E-state index in [1.54, 1.807) is 7.11 Å². The number of carbonyl (C=O) groups excluding carboxylic acids is 1. The summed E-state index contributed by atoms with van der Waals surface area (Å²) >= 11 is 0. The monoisotopic (exact) mass is 292 g/mol. The Hall–Kier alpha value is -1.79. The SMILES string of the molecule is COc1cccc(N2CCN(CC(C)C(=O)NN)CC2)c1. The first-order valence-corrected chi connectivity index (χ1v) is 7.26. The highest BCUT2D eigenvalue weighted by atomic mass is 16.5. The highest BCUT2D eigenvalue weighted by Gasteiger charge is 2.21. The smallest absolute Gasteiger partial charge is 0.237 e. The lowest BCUT2D eigenvalue weighted by atomic mass is 10.1. The number of carbonyl (C=O) groups is 1. The van der Waals surface area contributed by atoms with Gasteiger partial charge >= 0.3 is 0 Å². The molecule has 1 aromatic carbocycles. The minimum atomic E-state index is -0.106. The van der Waals surface area contributed by atoms with Crippen molar-refractivity contribution in [2.45, 2.75) is 6.92 Å². The van der Waals surface area contributed by atoms with Crippen LogP contribution in [0.1, 0.15) is 6.92 Å². The largest absolute Gasteiger partial charge is 0.497 e. The molecule has 1 saturated heterocycles. The van der Waals surface area contributed by atoms with Gasteiger partial charge in [-0.1, -0.05) is 13.0 Å². The molecule has 1 unspecified atom stereocenters. The van der Waals surface area contributed by atoms with Gasteiger partial charge in [0.1, 0.15) is 5.75 Å². The van der Waals surface area contributed by atoms with Crippen LogP contribution in [0.25, 0.3) is 0 Å². The molecule has 116 valence electrons. The first-order chi connectivity index (χ1) is 10.1. The maximum absolute atomic E-state index is 11.5. The fourth-order valence-corrected chi connectivity index (χ4v) is 2.61. The molecule has 0 aliphatic carbocycles. The van der Waals surface area contributed by atoms with E-state index in [1.165, 1.54) is 5.69 Å². The third kappa shape index (κ3) is 4.09. The fraction of sp³-hybridized carbons (Fsp3) is 0.533. The van der Waals surface area contributed by atoms with Crippen molar-refractivity contribution in [3.63, 3.8) is 0 Å². The summed E-state index contributed by atoms with van der Waals surface area (Å²) in [4.78, 5) is 16.1. The van der Waals surface area contributed by atoms with Crippen molar-refractivity contribution in [2.75, 3.05) is 44.7 Å². The number of rotatable bonds is 5. The van der Waals surface area contributed by atoms with Gasteiger partial charge in [-0.25, -0.2) is 5.84 Å². The summed E-state index contributed by atoms with van der Waals surface area (Å²) in [7, 11) is 1.68. The van der Waals surface area contributed by atoms with Crippen LogP contribution in [0, 0.1) is 5.92 Å². The fourth-order valence-electron chi connectivity index (χ4n) is 2.61. The zero-order valence-electron chi connectivity index (χ0n) is 12.7. The first-order valence-electron chi connectivity index (χ1n) is 7.26. The predicted molar refractivity (Wildman–Crippen MR) is 83.1 cm³/mol. The molecule has 1 aromatic rings. The average molecular weight is 292 g/mol. The van der Waals surface area contributed by atoms with Gasteiger partial charge in [0.15, 0.2) is 0 Å². The van der Waals surface area contributed by atoms with E-state index in [0.717, 1.165) is 38.5 Å². The summed E-state index contributed by atoms with van der Waals surface area (Å²) in [6.07, 6.45) is 0. The van der Waals surface area contributed by atoms with Gasteiger partial charge < -0.3 is 9.64 Å². The highest BCUT2D eigenvalue weighted by Crippen LogP contribution is 2.22. The van der Waals surface area contributed by atoms with E-state index in [-0.39, 0.29) is 11.8 Å². The highest BCUT2D eigenvalue weighted by molar-refractivity contribution is 5.77. The van der Waals surface area contributed by atoms with Crippen LogP contribution >= 0.6 is 0 Å². The molecule has 0 bridgehead atoms. The molecule has 0 spiro atoms. The molecule has 3 N–H and O–H groups in total. The molecular weight excluding hydrogens is 268 g/mol. The van der Waals surface area contributed by atoms with E-state index in [4.69, 9.17) is 10.6 Å². The summed E-state index contributed by atoms with van der Waals surface area (Å²) in [6, 6.07) is 8.11. The lowest BCUT2D eigenvalue weighted by Crippen LogP contribution is -2.49. The molecule has 2 rings (SSSR count). The summed E-state index contributed by atoms with van der Waals surface area (Å²) in [5.74, 6) is 5.85. The van der Waals surface area contributed by atoms with Crippen LogP contribution in [0.15, 0.2) is 24.3 Å².